The van der Waals surface area contributed by atoms with Crippen molar-refractivity contribution in [3.63, 3.8) is 0 Å². The quantitative estimate of drug-likeness (QED) is 0.258. The standard InChI is InChI=1S/C30H30N4O7/c1-34(22-15-17-23(38-2)18-16-22)29(37)33-30(27(35)36,41-28-31-24(39-3)19-25(32-28)40-4)26(20-11-7-5-8-12-20)21-13-9-6-10-14-21/h5-19,26H,1-4H3,(H,33,37)(H,35,36)/t30-/m1/s1. The predicted octanol–water partition coefficient (Wildman–Crippen LogP) is 4.34. The van der Waals surface area contributed by atoms with Crippen LogP contribution < -0.4 is 29.2 Å². The smallest absolute Gasteiger partial charge is 0.371 e. The number of aromatic nitrogens is 2. The zero-order chi connectivity index (χ0) is 29.4. The van der Waals surface area contributed by atoms with Gasteiger partial charge in [0.25, 0.3) is 5.72 Å². The highest BCUT2D eigenvalue weighted by Crippen LogP contribution is 2.38. The van der Waals surface area contributed by atoms with Crippen molar-refractivity contribution >= 4 is 17.7 Å². The van der Waals surface area contributed by atoms with Gasteiger partial charge in [0, 0.05) is 12.7 Å². The van der Waals surface area contributed by atoms with E-state index < -0.39 is 23.6 Å². The highest BCUT2D eigenvalue weighted by Gasteiger charge is 2.53. The molecule has 2 N–H and O–H groups in total. The molecule has 0 spiro atoms. The van der Waals surface area contributed by atoms with E-state index >= 15 is 0 Å². The second-order valence-electron chi connectivity index (χ2n) is 8.82. The number of carboxylic acids is 1. The SMILES string of the molecule is COc1ccc(N(C)C(=O)N[C@](Oc2nc(OC)cc(OC)n2)(C(=O)O)C(c2ccccc2)c2ccccc2)cc1. The summed E-state index contributed by atoms with van der Waals surface area (Å²) in [7, 11) is 5.82. The third kappa shape index (κ3) is 6.30. The Morgan fingerprint density at radius 1 is 0.805 bits per heavy atom. The topological polar surface area (TPSA) is 132 Å². The summed E-state index contributed by atoms with van der Waals surface area (Å²) in [5.41, 5.74) is -0.845. The lowest BCUT2D eigenvalue weighted by Gasteiger charge is -2.38. The highest BCUT2D eigenvalue weighted by atomic mass is 16.6. The third-order valence-electron chi connectivity index (χ3n) is 6.38. The van der Waals surface area contributed by atoms with Crippen LogP contribution in [0.4, 0.5) is 10.5 Å². The number of urea groups is 1. The molecule has 0 fully saturated rings. The maximum Gasteiger partial charge on any atom is 0.371 e. The molecule has 41 heavy (non-hydrogen) atoms. The zero-order valence-corrected chi connectivity index (χ0v) is 23.0. The first kappa shape index (κ1) is 28.7. The van der Waals surface area contributed by atoms with Crippen molar-refractivity contribution in [2.75, 3.05) is 33.3 Å². The van der Waals surface area contributed by atoms with Crippen LogP contribution in [0.15, 0.2) is 91.0 Å². The van der Waals surface area contributed by atoms with Crippen LogP contribution in [0.5, 0.6) is 23.5 Å². The molecule has 4 aromatic rings. The number of aliphatic carboxylic acids is 1. The van der Waals surface area contributed by atoms with Crippen LogP contribution in [-0.4, -0.2) is 61.2 Å². The van der Waals surface area contributed by atoms with Crippen molar-refractivity contribution in [3.05, 3.63) is 102 Å². The van der Waals surface area contributed by atoms with Gasteiger partial charge in [0.2, 0.25) is 11.8 Å². The molecule has 0 aliphatic rings. The number of hydrogen-bond acceptors (Lipinski definition) is 8. The first-order chi connectivity index (χ1) is 19.8. The lowest BCUT2D eigenvalue weighted by atomic mass is 9.82. The Morgan fingerprint density at radius 3 is 1.76 bits per heavy atom. The van der Waals surface area contributed by atoms with E-state index in [1.165, 1.54) is 39.3 Å². The van der Waals surface area contributed by atoms with Crippen LogP contribution in [0.25, 0.3) is 0 Å². The van der Waals surface area contributed by atoms with Crippen LogP contribution in [-0.2, 0) is 4.79 Å². The third-order valence-corrected chi connectivity index (χ3v) is 6.38. The van der Waals surface area contributed by atoms with Gasteiger partial charge >= 0.3 is 18.0 Å². The summed E-state index contributed by atoms with van der Waals surface area (Å²) in [6.07, 6.45) is 0. The van der Waals surface area contributed by atoms with Crippen LogP contribution in [0.2, 0.25) is 0 Å². The second-order valence-corrected chi connectivity index (χ2v) is 8.82. The number of carbonyl (C=O) groups excluding carboxylic acids is 1. The minimum absolute atomic E-state index is 0.0730. The number of carboxylic acid groups (broad SMARTS) is 1. The summed E-state index contributed by atoms with van der Waals surface area (Å²) < 4.78 is 21.8. The molecule has 3 aromatic carbocycles. The summed E-state index contributed by atoms with van der Waals surface area (Å²) in [6, 6.07) is 24.7. The number of rotatable bonds is 11. The fraction of sp³-hybridized carbons (Fsp3) is 0.200. The van der Waals surface area contributed by atoms with Gasteiger partial charge in [-0.15, -0.1) is 0 Å². The molecule has 0 aliphatic heterocycles. The minimum Gasteiger partial charge on any atom is -0.497 e. The van der Waals surface area contributed by atoms with Crippen molar-refractivity contribution in [1.29, 1.82) is 0 Å². The van der Waals surface area contributed by atoms with E-state index in [0.29, 0.717) is 22.6 Å². The van der Waals surface area contributed by atoms with E-state index in [1.54, 1.807) is 84.9 Å². The number of nitrogens with one attached hydrogen (secondary N) is 1. The molecule has 11 nitrogen and oxygen atoms in total. The molecule has 0 saturated carbocycles. The Labute approximate surface area is 237 Å². The van der Waals surface area contributed by atoms with Gasteiger partial charge in [-0.3, -0.25) is 10.2 Å². The summed E-state index contributed by atoms with van der Waals surface area (Å²) in [5, 5.41) is 13.6. The largest absolute Gasteiger partial charge is 0.497 e. The Morgan fingerprint density at radius 2 is 1.32 bits per heavy atom. The number of hydrogen-bond donors (Lipinski definition) is 2. The van der Waals surface area contributed by atoms with Gasteiger partial charge in [0.1, 0.15) is 5.75 Å². The molecule has 1 atom stereocenters. The molecule has 0 aliphatic carbocycles. The van der Waals surface area contributed by atoms with Crippen molar-refractivity contribution in [3.8, 4) is 23.5 Å². The van der Waals surface area contributed by atoms with Crippen LogP contribution in [0.3, 0.4) is 0 Å². The van der Waals surface area contributed by atoms with Gasteiger partial charge < -0.3 is 24.1 Å². The molecule has 212 valence electrons. The number of carbonyl (C=O) groups is 2. The first-order valence-electron chi connectivity index (χ1n) is 12.5. The number of amides is 2. The fourth-order valence-corrected chi connectivity index (χ4v) is 4.28. The average Bonchev–Trinajstić information content (AvgIpc) is 3.01. The van der Waals surface area contributed by atoms with Gasteiger partial charge in [-0.05, 0) is 35.4 Å². The molecule has 1 heterocycles. The Bertz CT molecular complexity index is 1410. The van der Waals surface area contributed by atoms with Crippen LogP contribution in [0.1, 0.15) is 17.0 Å². The molecular formula is C30H30N4O7. The van der Waals surface area contributed by atoms with Gasteiger partial charge in [-0.1, -0.05) is 60.7 Å². The van der Waals surface area contributed by atoms with E-state index in [2.05, 4.69) is 15.3 Å². The minimum atomic E-state index is -2.45. The monoisotopic (exact) mass is 558 g/mol. The molecule has 1 aromatic heterocycles. The van der Waals surface area contributed by atoms with Gasteiger partial charge in [-0.25, -0.2) is 9.59 Å². The lowest BCUT2D eigenvalue weighted by molar-refractivity contribution is -0.159. The normalized spacial score (nSPS) is 12.1. The maximum absolute atomic E-state index is 13.8. The number of nitrogens with zero attached hydrogens (tertiary/aromatic N) is 3. The Kier molecular flexibility index (Phi) is 8.88. The molecule has 4 rings (SSSR count). The van der Waals surface area contributed by atoms with Crippen LogP contribution in [0, 0.1) is 0 Å². The van der Waals surface area contributed by atoms with E-state index in [-0.39, 0.29) is 17.8 Å². The summed E-state index contributed by atoms with van der Waals surface area (Å²) in [5.74, 6) is -1.80. The van der Waals surface area contributed by atoms with Gasteiger partial charge in [-0.2, -0.15) is 9.97 Å². The molecule has 11 heteroatoms. The number of benzene rings is 3. The molecule has 2 amide bonds. The average molecular weight is 559 g/mol. The Hall–Kier alpha value is -5.32. The number of anilines is 1. The summed E-state index contributed by atoms with van der Waals surface area (Å²) in [6.45, 7) is 0. The molecular weight excluding hydrogens is 528 g/mol. The fourth-order valence-electron chi connectivity index (χ4n) is 4.28. The lowest BCUT2D eigenvalue weighted by Crippen LogP contribution is -2.64. The zero-order valence-electron chi connectivity index (χ0n) is 23.0. The number of methoxy groups -OCH3 is 3. The number of ether oxygens (including phenoxy) is 4. The van der Waals surface area contributed by atoms with E-state index in [0.717, 1.165) is 0 Å². The molecule has 0 bridgehead atoms. The van der Waals surface area contributed by atoms with Crippen LogP contribution >= 0.6 is 0 Å². The van der Waals surface area contributed by atoms with E-state index in [4.69, 9.17) is 18.9 Å². The maximum atomic E-state index is 13.8. The predicted molar refractivity (Wildman–Crippen MR) is 151 cm³/mol. The van der Waals surface area contributed by atoms with Gasteiger partial charge in [0.05, 0.1) is 33.3 Å². The summed E-state index contributed by atoms with van der Waals surface area (Å²) in [4.78, 5) is 36.8. The van der Waals surface area contributed by atoms with Crippen molar-refractivity contribution in [1.82, 2.24) is 15.3 Å². The van der Waals surface area contributed by atoms with Crippen molar-refractivity contribution < 1.29 is 33.6 Å². The summed E-state index contributed by atoms with van der Waals surface area (Å²) >= 11 is 0. The highest BCUT2D eigenvalue weighted by molar-refractivity contribution is 5.95. The van der Waals surface area contributed by atoms with Crippen molar-refractivity contribution in [2.45, 2.75) is 11.6 Å². The second kappa shape index (κ2) is 12.7. The Balaban J connectivity index is 1.89. The molecule has 0 radical (unpaired) electrons. The van der Waals surface area contributed by atoms with Gasteiger partial charge in [0.15, 0.2) is 0 Å². The van der Waals surface area contributed by atoms with E-state index in [1.807, 2.05) is 0 Å². The van der Waals surface area contributed by atoms with E-state index in [9.17, 15) is 14.7 Å². The molecule has 0 saturated heterocycles. The molecule has 0 unspecified atom stereocenters. The van der Waals surface area contributed by atoms with Crippen molar-refractivity contribution in [2.24, 2.45) is 0 Å². The first-order valence-corrected chi connectivity index (χ1v) is 12.5.